The molecule has 1 aromatic heterocycles. The molecule has 0 unspecified atom stereocenters. The van der Waals surface area contributed by atoms with Crippen LogP contribution < -0.4 is 10.2 Å². The molecule has 21 heavy (non-hydrogen) atoms. The fraction of sp³-hybridized carbons (Fsp3) is 0.0625. The molecule has 0 spiro atoms. The molecule has 0 radical (unpaired) electrons. The van der Waals surface area contributed by atoms with E-state index in [9.17, 15) is 9.70 Å². The molecule has 0 N–H and O–H groups in total. The number of ether oxygens (including phenoxy) is 1. The van der Waals surface area contributed by atoms with Crippen LogP contribution in [-0.2, 0) is 0 Å². The van der Waals surface area contributed by atoms with Crippen LogP contribution >= 0.6 is 0 Å². The summed E-state index contributed by atoms with van der Waals surface area (Å²) < 4.78 is 10.5. The third kappa shape index (κ3) is 2.29. The molecule has 0 aliphatic carbocycles. The number of nitrogens with zero attached hydrogens (tertiary/aromatic N) is 1. The van der Waals surface area contributed by atoms with Crippen molar-refractivity contribution in [2.24, 2.45) is 5.18 Å². The lowest BCUT2D eigenvalue weighted by Gasteiger charge is -2.04. The molecule has 0 bridgehead atoms. The van der Waals surface area contributed by atoms with E-state index < -0.39 is 0 Å². The Hall–Kier alpha value is -2.95. The van der Waals surface area contributed by atoms with Gasteiger partial charge in [-0.05, 0) is 35.0 Å². The molecule has 104 valence electrons. The number of benzene rings is 2. The monoisotopic (exact) mass is 281 g/mol. The van der Waals surface area contributed by atoms with Crippen molar-refractivity contribution in [3.63, 3.8) is 0 Å². The van der Waals surface area contributed by atoms with Gasteiger partial charge in [-0.3, -0.25) is 4.79 Å². The second kappa shape index (κ2) is 5.20. The standard InChI is InChI=1S/C16H11NO4/c1-20-12-5-2-10(3-6-12)14-9-21-15-8-11(17-19)4-7-13(15)16(14)18/h2-9H,1H3. The fourth-order valence-electron chi connectivity index (χ4n) is 2.14. The summed E-state index contributed by atoms with van der Waals surface area (Å²) in [6.07, 6.45) is 1.39. The lowest BCUT2D eigenvalue weighted by molar-refractivity contribution is 0.415. The van der Waals surface area contributed by atoms with Crippen molar-refractivity contribution in [1.82, 2.24) is 0 Å². The third-order valence-corrected chi connectivity index (χ3v) is 3.26. The second-order valence-electron chi connectivity index (χ2n) is 4.48. The summed E-state index contributed by atoms with van der Waals surface area (Å²) in [5.74, 6) is 0.714. The first kappa shape index (κ1) is 13.1. The van der Waals surface area contributed by atoms with Gasteiger partial charge in [0, 0.05) is 6.07 Å². The number of methoxy groups -OCH3 is 1. The quantitative estimate of drug-likeness (QED) is 0.683. The first-order valence-corrected chi connectivity index (χ1v) is 6.26. The van der Waals surface area contributed by atoms with Crippen LogP contribution in [0, 0.1) is 4.91 Å². The predicted octanol–water partition coefficient (Wildman–Crippen LogP) is 3.87. The predicted molar refractivity (Wildman–Crippen MR) is 79.9 cm³/mol. The summed E-state index contributed by atoms with van der Waals surface area (Å²) >= 11 is 0. The van der Waals surface area contributed by atoms with E-state index in [4.69, 9.17) is 9.15 Å². The Kier molecular flexibility index (Phi) is 3.23. The minimum atomic E-state index is -0.154. The largest absolute Gasteiger partial charge is 0.497 e. The van der Waals surface area contributed by atoms with Crippen LogP contribution in [0.15, 0.2) is 63.1 Å². The molecule has 0 aliphatic heterocycles. The number of fused-ring (bicyclic) bond motifs is 1. The molecule has 5 heteroatoms. The van der Waals surface area contributed by atoms with Crippen LogP contribution in [0.3, 0.4) is 0 Å². The maximum Gasteiger partial charge on any atom is 0.200 e. The summed E-state index contributed by atoms with van der Waals surface area (Å²) in [6, 6.07) is 11.6. The Morgan fingerprint density at radius 1 is 1.10 bits per heavy atom. The zero-order valence-corrected chi connectivity index (χ0v) is 11.2. The topological polar surface area (TPSA) is 68.9 Å². The molecule has 3 rings (SSSR count). The first-order valence-electron chi connectivity index (χ1n) is 6.26. The maximum absolute atomic E-state index is 12.5. The molecule has 0 saturated heterocycles. The molecule has 2 aromatic carbocycles. The fourth-order valence-corrected chi connectivity index (χ4v) is 2.14. The van der Waals surface area contributed by atoms with Crippen LogP contribution in [-0.4, -0.2) is 7.11 Å². The highest BCUT2D eigenvalue weighted by molar-refractivity contribution is 5.83. The Morgan fingerprint density at radius 2 is 1.86 bits per heavy atom. The smallest absolute Gasteiger partial charge is 0.200 e. The minimum absolute atomic E-state index is 0.154. The van der Waals surface area contributed by atoms with Gasteiger partial charge in [0.25, 0.3) is 0 Å². The number of hydrogen-bond acceptors (Lipinski definition) is 5. The highest BCUT2D eigenvalue weighted by atomic mass is 16.5. The molecular formula is C16H11NO4. The van der Waals surface area contributed by atoms with Gasteiger partial charge in [-0.25, -0.2) is 0 Å². The second-order valence-corrected chi connectivity index (χ2v) is 4.48. The summed E-state index contributed by atoms with van der Waals surface area (Å²) in [6.45, 7) is 0. The van der Waals surface area contributed by atoms with E-state index in [1.807, 2.05) is 0 Å². The lowest BCUT2D eigenvalue weighted by atomic mass is 10.1. The van der Waals surface area contributed by atoms with Gasteiger partial charge in [0.1, 0.15) is 23.3 Å². The van der Waals surface area contributed by atoms with Gasteiger partial charge in [-0.2, -0.15) is 0 Å². The Bertz CT molecular complexity index is 866. The van der Waals surface area contributed by atoms with Gasteiger partial charge in [0.05, 0.1) is 18.1 Å². The van der Waals surface area contributed by atoms with Gasteiger partial charge >= 0.3 is 0 Å². The molecule has 1 heterocycles. The molecule has 0 aliphatic rings. The summed E-state index contributed by atoms with van der Waals surface area (Å²) in [5, 5.41) is 3.24. The molecule has 0 amide bonds. The highest BCUT2D eigenvalue weighted by Crippen LogP contribution is 2.24. The minimum Gasteiger partial charge on any atom is -0.497 e. The van der Waals surface area contributed by atoms with E-state index in [1.54, 1.807) is 37.4 Å². The number of hydrogen-bond donors (Lipinski definition) is 0. The van der Waals surface area contributed by atoms with Crippen LogP contribution in [0.25, 0.3) is 22.1 Å². The van der Waals surface area contributed by atoms with Crippen molar-refractivity contribution >= 4 is 16.7 Å². The summed E-state index contributed by atoms with van der Waals surface area (Å²) in [7, 11) is 1.58. The summed E-state index contributed by atoms with van der Waals surface area (Å²) in [5.41, 5.74) is 1.61. The van der Waals surface area contributed by atoms with E-state index in [0.717, 1.165) is 5.56 Å². The molecule has 0 atom stereocenters. The van der Waals surface area contributed by atoms with E-state index >= 15 is 0 Å². The Morgan fingerprint density at radius 3 is 2.52 bits per heavy atom. The maximum atomic E-state index is 12.5. The first-order chi connectivity index (χ1) is 10.2. The van der Waals surface area contributed by atoms with Gasteiger partial charge in [0.2, 0.25) is 0 Å². The normalized spacial score (nSPS) is 10.5. The Labute approximate surface area is 119 Å². The average molecular weight is 281 g/mol. The molecule has 5 nitrogen and oxygen atoms in total. The van der Waals surface area contributed by atoms with E-state index in [0.29, 0.717) is 22.3 Å². The Balaban J connectivity index is 2.17. The third-order valence-electron chi connectivity index (χ3n) is 3.26. The zero-order valence-electron chi connectivity index (χ0n) is 11.2. The summed E-state index contributed by atoms with van der Waals surface area (Å²) in [4.78, 5) is 23.0. The average Bonchev–Trinajstić information content (AvgIpc) is 2.55. The highest BCUT2D eigenvalue weighted by Gasteiger charge is 2.10. The van der Waals surface area contributed by atoms with Crippen molar-refractivity contribution in [2.45, 2.75) is 0 Å². The van der Waals surface area contributed by atoms with Crippen molar-refractivity contribution in [3.8, 4) is 16.9 Å². The van der Waals surface area contributed by atoms with Crippen molar-refractivity contribution in [3.05, 3.63) is 63.9 Å². The number of rotatable bonds is 3. The van der Waals surface area contributed by atoms with E-state index in [1.165, 1.54) is 18.4 Å². The van der Waals surface area contributed by atoms with Crippen LogP contribution in [0.5, 0.6) is 5.75 Å². The molecule has 3 aromatic rings. The lowest BCUT2D eigenvalue weighted by Crippen LogP contribution is -2.04. The van der Waals surface area contributed by atoms with Gasteiger partial charge < -0.3 is 9.15 Å². The van der Waals surface area contributed by atoms with E-state index in [-0.39, 0.29) is 11.1 Å². The van der Waals surface area contributed by atoms with Crippen LogP contribution in [0.1, 0.15) is 0 Å². The van der Waals surface area contributed by atoms with Crippen LogP contribution in [0.4, 0.5) is 5.69 Å². The van der Waals surface area contributed by atoms with Crippen molar-refractivity contribution < 1.29 is 9.15 Å². The molecule has 0 fully saturated rings. The van der Waals surface area contributed by atoms with Crippen molar-refractivity contribution in [2.75, 3.05) is 7.11 Å². The van der Waals surface area contributed by atoms with Gasteiger partial charge in [0.15, 0.2) is 5.43 Å². The zero-order chi connectivity index (χ0) is 14.8. The van der Waals surface area contributed by atoms with Crippen LogP contribution in [0.2, 0.25) is 0 Å². The van der Waals surface area contributed by atoms with Gasteiger partial charge in [-0.15, -0.1) is 4.91 Å². The van der Waals surface area contributed by atoms with Crippen molar-refractivity contribution in [1.29, 1.82) is 0 Å². The van der Waals surface area contributed by atoms with E-state index in [2.05, 4.69) is 5.18 Å². The molecular weight excluding hydrogens is 270 g/mol. The SMILES string of the molecule is COc1ccc(-c2coc3cc(N=O)ccc3c2=O)cc1. The van der Waals surface area contributed by atoms with Gasteiger partial charge in [-0.1, -0.05) is 12.1 Å². The molecule has 0 saturated carbocycles. The number of nitroso groups, excluding NO2 is 1.